The quantitative estimate of drug-likeness (QED) is 0.764. The maximum absolute atomic E-state index is 11.2. The van der Waals surface area contributed by atoms with Crippen molar-refractivity contribution in [3.63, 3.8) is 0 Å². The number of hydrogen-bond donors (Lipinski definition) is 3. The van der Waals surface area contributed by atoms with E-state index in [0.29, 0.717) is 0 Å². The Balaban J connectivity index is 2.08. The molecule has 0 fully saturated rings. The van der Waals surface area contributed by atoms with E-state index in [-0.39, 0.29) is 24.6 Å². The molecule has 0 aliphatic rings. The lowest BCUT2D eigenvalue weighted by Crippen LogP contribution is -2.22. The summed E-state index contributed by atoms with van der Waals surface area (Å²) in [5, 5.41) is 15.6. The van der Waals surface area contributed by atoms with E-state index < -0.39 is 0 Å². The van der Waals surface area contributed by atoms with Crippen LogP contribution in [0.2, 0.25) is 0 Å². The Kier molecular flexibility index (Phi) is 5.90. The first-order chi connectivity index (χ1) is 11.0. The molecule has 2 aromatic rings. The second-order valence-electron chi connectivity index (χ2n) is 5.82. The van der Waals surface area contributed by atoms with Crippen LogP contribution in [0, 0.1) is 0 Å². The predicted molar refractivity (Wildman–Crippen MR) is 93.1 cm³/mol. The highest BCUT2D eigenvalue weighted by Crippen LogP contribution is 2.22. The van der Waals surface area contributed by atoms with Crippen molar-refractivity contribution in [2.75, 3.05) is 5.32 Å². The lowest BCUT2D eigenvalue weighted by Gasteiger charge is -2.21. The summed E-state index contributed by atoms with van der Waals surface area (Å²) < 4.78 is 0. The first-order valence-electron chi connectivity index (χ1n) is 7.83. The minimum atomic E-state index is -0.0723. The van der Waals surface area contributed by atoms with Crippen LogP contribution in [-0.4, -0.2) is 11.0 Å². The van der Waals surface area contributed by atoms with Gasteiger partial charge in [-0.05, 0) is 42.7 Å². The lowest BCUT2D eigenvalue weighted by molar-refractivity contribution is -0.114. The maximum atomic E-state index is 11.2. The number of aliphatic hydroxyl groups excluding tert-OH is 1. The van der Waals surface area contributed by atoms with Crippen LogP contribution in [0.4, 0.5) is 5.69 Å². The summed E-state index contributed by atoms with van der Waals surface area (Å²) in [4.78, 5) is 11.2. The van der Waals surface area contributed by atoms with E-state index in [1.165, 1.54) is 6.92 Å². The summed E-state index contributed by atoms with van der Waals surface area (Å²) >= 11 is 0. The number of nitrogens with one attached hydrogen (secondary N) is 2. The number of carbonyl (C=O) groups excluding carboxylic acids is 1. The van der Waals surface area contributed by atoms with Crippen LogP contribution in [0.1, 0.15) is 49.5 Å². The zero-order chi connectivity index (χ0) is 16.8. The van der Waals surface area contributed by atoms with Crippen LogP contribution in [0.5, 0.6) is 0 Å². The largest absolute Gasteiger partial charge is 0.392 e. The summed E-state index contributed by atoms with van der Waals surface area (Å²) in [6.45, 7) is 5.75. The summed E-state index contributed by atoms with van der Waals surface area (Å²) in [7, 11) is 0. The molecule has 2 atom stereocenters. The van der Waals surface area contributed by atoms with Crippen LogP contribution in [0.3, 0.4) is 0 Å². The summed E-state index contributed by atoms with van der Waals surface area (Å²) in [6, 6.07) is 16.1. The van der Waals surface area contributed by atoms with E-state index in [4.69, 9.17) is 0 Å². The van der Waals surface area contributed by atoms with Gasteiger partial charge in [-0.3, -0.25) is 4.79 Å². The number of aliphatic hydroxyl groups is 1. The smallest absolute Gasteiger partial charge is 0.221 e. The molecule has 4 nitrogen and oxygen atoms in total. The molecule has 0 bridgehead atoms. The minimum absolute atomic E-state index is 0.0505. The first-order valence-corrected chi connectivity index (χ1v) is 7.83. The van der Waals surface area contributed by atoms with Gasteiger partial charge in [-0.25, -0.2) is 0 Å². The predicted octanol–water partition coefficient (Wildman–Crippen LogP) is 3.55. The molecule has 0 saturated heterocycles. The van der Waals surface area contributed by atoms with Gasteiger partial charge in [0.15, 0.2) is 0 Å². The normalized spacial score (nSPS) is 13.4. The molecule has 4 heteroatoms. The molecular formula is C19H24N2O2. The Morgan fingerprint density at radius 3 is 2.26 bits per heavy atom. The molecule has 0 saturated carbocycles. The highest BCUT2D eigenvalue weighted by Gasteiger charge is 2.12. The standard InChI is InChI=1S/C19H24N2O2/c1-13(17-7-4-6-16(10-17)12-22)20-14(2)18-8-5-9-19(11-18)21-15(3)23/h4-11,13-14,20,22H,12H2,1-3H3,(H,21,23)/t13-,14-/m1/s1. The van der Waals surface area contributed by atoms with Gasteiger partial charge in [0.2, 0.25) is 5.91 Å². The minimum Gasteiger partial charge on any atom is -0.392 e. The molecule has 0 aliphatic carbocycles. The third-order valence-corrected chi connectivity index (χ3v) is 3.84. The molecule has 122 valence electrons. The molecule has 0 radical (unpaired) electrons. The molecule has 0 spiro atoms. The molecule has 1 amide bonds. The van der Waals surface area contributed by atoms with E-state index in [0.717, 1.165) is 22.4 Å². The molecule has 23 heavy (non-hydrogen) atoms. The Hall–Kier alpha value is -2.17. The number of rotatable bonds is 6. The second kappa shape index (κ2) is 7.90. The SMILES string of the molecule is CC(=O)Nc1cccc([C@@H](C)N[C@H](C)c2cccc(CO)c2)c1. The fraction of sp³-hybridized carbons (Fsp3) is 0.316. The third-order valence-electron chi connectivity index (χ3n) is 3.84. The third kappa shape index (κ3) is 4.91. The first kappa shape index (κ1) is 17.2. The molecule has 0 unspecified atom stereocenters. The summed E-state index contributed by atoms with van der Waals surface area (Å²) in [6.07, 6.45) is 0. The lowest BCUT2D eigenvalue weighted by atomic mass is 10.0. The fourth-order valence-electron chi connectivity index (χ4n) is 2.62. The topological polar surface area (TPSA) is 61.4 Å². The van der Waals surface area contributed by atoms with Crippen molar-refractivity contribution in [3.8, 4) is 0 Å². The van der Waals surface area contributed by atoms with Crippen molar-refractivity contribution in [1.82, 2.24) is 5.32 Å². The van der Waals surface area contributed by atoms with Crippen molar-refractivity contribution in [3.05, 3.63) is 65.2 Å². The Bertz CT molecular complexity index is 670. The van der Waals surface area contributed by atoms with Crippen LogP contribution >= 0.6 is 0 Å². The van der Waals surface area contributed by atoms with Gasteiger partial charge in [-0.2, -0.15) is 0 Å². The van der Waals surface area contributed by atoms with Crippen LogP contribution in [0.25, 0.3) is 0 Å². The monoisotopic (exact) mass is 312 g/mol. The average molecular weight is 312 g/mol. The van der Waals surface area contributed by atoms with E-state index in [1.54, 1.807) is 0 Å². The van der Waals surface area contributed by atoms with E-state index in [2.05, 4.69) is 30.5 Å². The van der Waals surface area contributed by atoms with Gasteiger partial charge < -0.3 is 15.7 Å². The molecule has 0 aliphatic heterocycles. The zero-order valence-electron chi connectivity index (χ0n) is 13.8. The average Bonchev–Trinajstić information content (AvgIpc) is 2.54. The number of benzene rings is 2. The van der Waals surface area contributed by atoms with Crippen LogP contribution in [0.15, 0.2) is 48.5 Å². The molecule has 2 rings (SSSR count). The van der Waals surface area contributed by atoms with Crippen molar-refractivity contribution in [2.24, 2.45) is 0 Å². The van der Waals surface area contributed by atoms with Crippen molar-refractivity contribution in [1.29, 1.82) is 0 Å². The number of hydrogen-bond acceptors (Lipinski definition) is 3. The Morgan fingerprint density at radius 2 is 1.65 bits per heavy atom. The van der Waals surface area contributed by atoms with Gasteiger partial charge in [0.25, 0.3) is 0 Å². The van der Waals surface area contributed by atoms with Gasteiger partial charge in [0.05, 0.1) is 6.61 Å². The van der Waals surface area contributed by atoms with Gasteiger partial charge >= 0.3 is 0 Å². The molecule has 2 aromatic carbocycles. The second-order valence-corrected chi connectivity index (χ2v) is 5.82. The van der Waals surface area contributed by atoms with E-state index in [1.807, 2.05) is 42.5 Å². The van der Waals surface area contributed by atoms with Gasteiger partial charge in [0.1, 0.15) is 0 Å². The summed E-state index contributed by atoms with van der Waals surface area (Å²) in [5.74, 6) is -0.0723. The summed E-state index contributed by atoms with van der Waals surface area (Å²) in [5.41, 5.74) is 3.97. The highest BCUT2D eigenvalue weighted by molar-refractivity contribution is 5.88. The highest BCUT2D eigenvalue weighted by atomic mass is 16.3. The van der Waals surface area contributed by atoms with Gasteiger partial charge in [0, 0.05) is 24.7 Å². The maximum Gasteiger partial charge on any atom is 0.221 e. The van der Waals surface area contributed by atoms with Crippen LogP contribution < -0.4 is 10.6 Å². The van der Waals surface area contributed by atoms with E-state index >= 15 is 0 Å². The van der Waals surface area contributed by atoms with Crippen molar-refractivity contribution < 1.29 is 9.90 Å². The van der Waals surface area contributed by atoms with Gasteiger partial charge in [-0.15, -0.1) is 0 Å². The number of carbonyl (C=O) groups is 1. The number of anilines is 1. The fourth-order valence-corrected chi connectivity index (χ4v) is 2.62. The molecular weight excluding hydrogens is 288 g/mol. The van der Waals surface area contributed by atoms with Crippen molar-refractivity contribution in [2.45, 2.75) is 39.5 Å². The van der Waals surface area contributed by atoms with Crippen LogP contribution in [-0.2, 0) is 11.4 Å². The Morgan fingerprint density at radius 1 is 1.04 bits per heavy atom. The molecule has 3 N–H and O–H groups in total. The molecule has 0 heterocycles. The Labute approximate surface area is 137 Å². The molecule has 0 aromatic heterocycles. The van der Waals surface area contributed by atoms with E-state index in [9.17, 15) is 9.90 Å². The van der Waals surface area contributed by atoms with Gasteiger partial charge in [-0.1, -0.05) is 36.4 Å². The van der Waals surface area contributed by atoms with Crippen molar-refractivity contribution >= 4 is 11.6 Å². The number of amides is 1. The zero-order valence-corrected chi connectivity index (χ0v) is 13.8.